The predicted molar refractivity (Wildman–Crippen MR) is 84.7 cm³/mol. The van der Waals surface area contributed by atoms with Crippen molar-refractivity contribution in [3.8, 4) is 5.75 Å². The highest BCUT2D eigenvalue weighted by Gasteiger charge is 2.25. The molecule has 22 heavy (non-hydrogen) atoms. The summed E-state index contributed by atoms with van der Waals surface area (Å²) in [4.78, 5) is 23.8. The van der Waals surface area contributed by atoms with E-state index in [9.17, 15) is 9.59 Å². The Bertz CT molecular complexity index is 499. The van der Waals surface area contributed by atoms with E-state index in [1.165, 1.54) is 0 Å². The number of ether oxygens (including phenoxy) is 2. The fourth-order valence-corrected chi connectivity index (χ4v) is 2.02. The fourth-order valence-electron chi connectivity index (χ4n) is 2.02. The van der Waals surface area contributed by atoms with Crippen LogP contribution in [0.5, 0.6) is 5.75 Å². The average Bonchev–Trinajstić information content (AvgIpc) is 2.50. The third-order valence-electron chi connectivity index (χ3n) is 3.24. The van der Waals surface area contributed by atoms with Crippen LogP contribution in [-0.2, 0) is 20.7 Å². The molecule has 1 aromatic carbocycles. The van der Waals surface area contributed by atoms with Crippen LogP contribution in [0.3, 0.4) is 0 Å². The average molecular weight is 307 g/mol. The van der Waals surface area contributed by atoms with Crippen LogP contribution >= 0.6 is 0 Å². The number of nitrogens with one attached hydrogen (secondary N) is 1. The number of aryl methyl sites for hydroxylation is 1. The Kier molecular flexibility index (Phi) is 7.43. The summed E-state index contributed by atoms with van der Waals surface area (Å²) in [6.07, 6.45) is 0.829. The maximum Gasteiger partial charge on any atom is 0.328 e. The third-order valence-corrected chi connectivity index (χ3v) is 3.24. The van der Waals surface area contributed by atoms with Crippen LogP contribution in [0.1, 0.15) is 33.3 Å². The van der Waals surface area contributed by atoms with Crippen molar-refractivity contribution < 1.29 is 19.1 Å². The molecule has 0 heterocycles. The Labute approximate surface area is 132 Å². The maximum absolute atomic E-state index is 12.0. The van der Waals surface area contributed by atoms with Gasteiger partial charge in [0.1, 0.15) is 11.8 Å². The Balaban J connectivity index is 2.59. The fraction of sp³-hybridized carbons (Fsp3) is 0.529. The van der Waals surface area contributed by atoms with Crippen LogP contribution in [0.25, 0.3) is 0 Å². The molecule has 0 aliphatic rings. The first kappa shape index (κ1) is 18.0. The van der Waals surface area contributed by atoms with Crippen molar-refractivity contribution in [2.24, 2.45) is 5.92 Å². The second-order valence-corrected chi connectivity index (χ2v) is 5.29. The van der Waals surface area contributed by atoms with E-state index in [1.807, 2.05) is 45.0 Å². The summed E-state index contributed by atoms with van der Waals surface area (Å²) < 4.78 is 10.5. The first-order chi connectivity index (χ1) is 10.5. The normalized spacial score (nSPS) is 11.9. The molecule has 0 fully saturated rings. The quantitative estimate of drug-likeness (QED) is 0.749. The molecule has 1 unspecified atom stereocenters. The van der Waals surface area contributed by atoms with Crippen molar-refractivity contribution in [2.45, 2.75) is 40.2 Å². The molecule has 5 nitrogen and oxygen atoms in total. The molecule has 0 aliphatic carbocycles. The van der Waals surface area contributed by atoms with E-state index in [1.54, 1.807) is 6.92 Å². The summed E-state index contributed by atoms with van der Waals surface area (Å²) in [5.41, 5.74) is 1.04. The lowest BCUT2D eigenvalue weighted by molar-refractivity contribution is -0.148. The van der Waals surface area contributed by atoms with Gasteiger partial charge in [0.2, 0.25) is 0 Å². The van der Waals surface area contributed by atoms with Gasteiger partial charge in [-0.05, 0) is 30.9 Å². The summed E-state index contributed by atoms with van der Waals surface area (Å²) in [5.74, 6) is -0.110. The van der Waals surface area contributed by atoms with E-state index in [-0.39, 0.29) is 25.0 Å². The van der Waals surface area contributed by atoms with E-state index in [0.717, 1.165) is 12.0 Å². The monoisotopic (exact) mass is 307 g/mol. The molecule has 0 spiro atoms. The van der Waals surface area contributed by atoms with Crippen LogP contribution in [-0.4, -0.2) is 31.1 Å². The summed E-state index contributed by atoms with van der Waals surface area (Å²) >= 11 is 0. The zero-order chi connectivity index (χ0) is 16.5. The van der Waals surface area contributed by atoms with Crippen molar-refractivity contribution in [2.75, 3.05) is 13.2 Å². The number of hydrogen-bond donors (Lipinski definition) is 1. The third kappa shape index (κ3) is 5.39. The number of esters is 1. The first-order valence-electron chi connectivity index (χ1n) is 7.66. The molecule has 1 rings (SSSR count). The molecule has 1 aromatic rings. The van der Waals surface area contributed by atoms with Crippen molar-refractivity contribution in [3.05, 3.63) is 29.8 Å². The number of carbonyl (C=O) groups excluding carboxylic acids is 2. The van der Waals surface area contributed by atoms with Crippen LogP contribution in [0, 0.1) is 5.92 Å². The van der Waals surface area contributed by atoms with E-state index in [0.29, 0.717) is 5.75 Å². The van der Waals surface area contributed by atoms with Crippen molar-refractivity contribution in [3.63, 3.8) is 0 Å². The number of carbonyl (C=O) groups is 2. The van der Waals surface area contributed by atoms with Crippen molar-refractivity contribution >= 4 is 11.9 Å². The molecule has 5 heteroatoms. The van der Waals surface area contributed by atoms with Gasteiger partial charge in [-0.2, -0.15) is 0 Å². The van der Waals surface area contributed by atoms with E-state index >= 15 is 0 Å². The molecule has 1 amide bonds. The summed E-state index contributed by atoms with van der Waals surface area (Å²) in [6, 6.07) is 6.93. The van der Waals surface area contributed by atoms with Gasteiger partial charge in [-0.25, -0.2) is 4.79 Å². The Hall–Kier alpha value is -2.04. The van der Waals surface area contributed by atoms with Gasteiger partial charge in [-0.3, -0.25) is 4.79 Å². The molecular weight excluding hydrogens is 282 g/mol. The van der Waals surface area contributed by atoms with E-state index in [2.05, 4.69) is 5.32 Å². The minimum absolute atomic E-state index is 0.0501. The molecular formula is C17H25NO4. The van der Waals surface area contributed by atoms with Crippen LogP contribution in [0.2, 0.25) is 0 Å². The topological polar surface area (TPSA) is 64.6 Å². The lowest BCUT2D eigenvalue weighted by atomic mass is 10.0. The van der Waals surface area contributed by atoms with E-state index in [4.69, 9.17) is 9.47 Å². The zero-order valence-electron chi connectivity index (χ0n) is 13.7. The largest absolute Gasteiger partial charge is 0.483 e. The SMILES string of the molecule is CCOC(=O)C(NC(=O)COc1ccccc1CC)C(C)C. The minimum Gasteiger partial charge on any atom is -0.483 e. The molecule has 0 saturated heterocycles. The number of benzene rings is 1. The molecule has 122 valence electrons. The second-order valence-electron chi connectivity index (χ2n) is 5.29. The van der Waals surface area contributed by atoms with Gasteiger partial charge in [0, 0.05) is 0 Å². The molecule has 1 atom stereocenters. The summed E-state index contributed by atoms with van der Waals surface area (Å²) in [5, 5.41) is 2.67. The van der Waals surface area contributed by atoms with Gasteiger partial charge < -0.3 is 14.8 Å². The van der Waals surface area contributed by atoms with Gasteiger partial charge in [0.05, 0.1) is 6.61 Å². The smallest absolute Gasteiger partial charge is 0.328 e. The Morgan fingerprint density at radius 1 is 1.18 bits per heavy atom. The van der Waals surface area contributed by atoms with Crippen molar-refractivity contribution in [1.82, 2.24) is 5.32 Å². The van der Waals surface area contributed by atoms with Gasteiger partial charge in [0.25, 0.3) is 5.91 Å². The van der Waals surface area contributed by atoms with Gasteiger partial charge in [0.15, 0.2) is 6.61 Å². The van der Waals surface area contributed by atoms with Crippen LogP contribution in [0.15, 0.2) is 24.3 Å². The molecule has 0 saturated carbocycles. The maximum atomic E-state index is 12.0. The molecule has 1 N–H and O–H groups in total. The molecule has 0 aromatic heterocycles. The number of hydrogen-bond acceptors (Lipinski definition) is 4. The summed E-state index contributed by atoms with van der Waals surface area (Å²) in [6.45, 7) is 7.64. The number of para-hydroxylation sites is 1. The number of rotatable bonds is 8. The predicted octanol–water partition coefficient (Wildman–Crippen LogP) is 2.33. The lowest BCUT2D eigenvalue weighted by Gasteiger charge is -2.20. The highest BCUT2D eigenvalue weighted by molar-refractivity contribution is 5.85. The van der Waals surface area contributed by atoms with Gasteiger partial charge in [-0.15, -0.1) is 0 Å². The summed E-state index contributed by atoms with van der Waals surface area (Å²) in [7, 11) is 0. The van der Waals surface area contributed by atoms with Gasteiger partial charge >= 0.3 is 5.97 Å². The molecule has 0 aliphatic heterocycles. The van der Waals surface area contributed by atoms with E-state index < -0.39 is 12.0 Å². The van der Waals surface area contributed by atoms with Crippen molar-refractivity contribution in [1.29, 1.82) is 0 Å². The second kappa shape index (κ2) is 9.07. The Morgan fingerprint density at radius 2 is 1.86 bits per heavy atom. The zero-order valence-corrected chi connectivity index (χ0v) is 13.7. The van der Waals surface area contributed by atoms with Crippen LogP contribution < -0.4 is 10.1 Å². The number of amides is 1. The standard InChI is InChI=1S/C17H25NO4/c1-5-13-9-7-8-10-14(13)22-11-15(19)18-16(12(3)4)17(20)21-6-2/h7-10,12,16H,5-6,11H2,1-4H3,(H,18,19). The highest BCUT2D eigenvalue weighted by atomic mass is 16.5. The first-order valence-corrected chi connectivity index (χ1v) is 7.66. The lowest BCUT2D eigenvalue weighted by Crippen LogP contribution is -2.47. The minimum atomic E-state index is -0.655. The Morgan fingerprint density at radius 3 is 2.45 bits per heavy atom. The molecule has 0 bridgehead atoms. The van der Waals surface area contributed by atoms with Crippen LogP contribution in [0.4, 0.5) is 0 Å². The van der Waals surface area contributed by atoms with Gasteiger partial charge in [-0.1, -0.05) is 39.0 Å². The molecule has 0 radical (unpaired) electrons. The highest BCUT2D eigenvalue weighted by Crippen LogP contribution is 2.18.